The molecule has 0 aliphatic heterocycles. The van der Waals surface area contributed by atoms with Gasteiger partial charge in [0.05, 0.1) is 0 Å². The minimum absolute atomic E-state index is 0.596. The fourth-order valence-electron chi connectivity index (χ4n) is 1.36. The van der Waals surface area contributed by atoms with Crippen LogP contribution in [0.25, 0.3) is 5.65 Å². The zero-order valence-corrected chi connectivity index (χ0v) is 9.36. The number of aromatic nitrogens is 3. The molecule has 0 saturated heterocycles. The number of hydrogen-bond acceptors (Lipinski definition) is 3. The third kappa shape index (κ3) is 2.26. The van der Waals surface area contributed by atoms with E-state index in [1.165, 1.54) is 5.56 Å². The molecule has 0 spiro atoms. The van der Waals surface area contributed by atoms with Gasteiger partial charge in [0.2, 0.25) is 5.95 Å². The molecule has 0 radical (unpaired) electrons. The van der Waals surface area contributed by atoms with Gasteiger partial charge in [0.15, 0.2) is 5.65 Å². The number of nitrogens with zero attached hydrogens (tertiary/aromatic N) is 3. The Morgan fingerprint density at radius 3 is 2.93 bits per heavy atom. The highest BCUT2D eigenvalue weighted by Gasteiger charge is 2.03. The van der Waals surface area contributed by atoms with Crippen LogP contribution in [0.5, 0.6) is 0 Å². The van der Waals surface area contributed by atoms with Crippen LogP contribution in [0.2, 0.25) is 0 Å². The van der Waals surface area contributed by atoms with Crippen molar-refractivity contribution in [3.63, 3.8) is 0 Å². The van der Waals surface area contributed by atoms with E-state index in [1.807, 2.05) is 25.3 Å². The predicted octanol–water partition coefficient (Wildman–Crippen LogP) is 2.11. The lowest BCUT2D eigenvalue weighted by atomic mass is 10.2. The van der Waals surface area contributed by atoms with Crippen molar-refractivity contribution >= 4 is 11.6 Å². The Balaban J connectivity index is 2.23. The first-order chi connectivity index (χ1) is 7.15. The first-order valence-electron chi connectivity index (χ1n) is 5.22. The minimum Gasteiger partial charge on any atom is -0.353 e. The average Bonchev–Trinajstić information content (AvgIpc) is 2.56. The quantitative estimate of drug-likeness (QED) is 0.832. The summed E-state index contributed by atoms with van der Waals surface area (Å²) >= 11 is 0. The molecule has 0 bridgehead atoms. The predicted molar refractivity (Wildman–Crippen MR) is 61.1 cm³/mol. The van der Waals surface area contributed by atoms with Crippen molar-refractivity contribution in [1.29, 1.82) is 0 Å². The van der Waals surface area contributed by atoms with E-state index in [0.29, 0.717) is 11.9 Å². The molecule has 0 fully saturated rings. The van der Waals surface area contributed by atoms with E-state index in [0.717, 1.165) is 12.2 Å². The number of anilines is 1. The zero-order chi connectivity index (χ0) is 10.8. The Hall–Kier alpha value is -1.58. The third-order valence-corrected chi connectivity index (χ3v) is 2.15. The fraction of sp³-hybridized carbons (Fsp3) is 0.455. The molecule has 0 aromatic carbocycles. The van der Waals surface area contributed by atoms with Crippen LogP contribution in [0.15, 0.2) is 18.3 Å². The van der Waals surface area contributed by atoms with E-state index in [-0.39, 0.29) is 0 Å². The normalized spacial score (nSPS) is 11.2. The molecular formula is C11H16N4. The van der Waals surface area contributed by atoms with Gasteiger partial charge in [0.1, 0.15) is 0 Å². The number of rotatable bonds is 3. The van der Waals surface area contributed by atoms with E-state index in [4.69, 9.17) is 0 Å². The summed E-state index contributed by atoms with van der Waals surface area (Å²) in [6, 6.07) is 4.01. The van der Waals surface area contributed by atoms with Gasteiger partial charge in [0, 0.05) is 12.7 Å². The smallest absolute Gasteiger partial charge is 0.243 e. The van der Waals surface area contributed by atoms with Crippen molar-refractivity contribution < 1.29 is 0 Å². The van der Waals surface area contributed by atoms with Crippen molar-refractivity contribution in [3.05, 3.63) is 23.9 Å². The number of nitrogens with one attached hydrogen (secondary N) is 1. The van der Waals surface area contributed by atoms with E-state index in [2.05, 4.69) is 29.2 Å². The van der Waals surface area contributed by atoms with Crippen LogP contribution in [0.1, 0.15) is 19.4 Å². The monoisotopic (exact) mass is 204 g/mol. The molecule has 1 N–H and O–H groups in total. The topological polar surface area (TPSA) is 42.2 Å². The van der Waals surface area contributed by atoms with Crippen LogP contribution in [-0.4, -0.2) is 21.1 Å². The molecule has 0 unspecified atom stereocenters. The van der Waals surface area contributed by atoms with Gasteiger partial charge in [0.25, 0.3) is 0 Å². The third-order valence-electron chi connectivity index (χ3n) is 2.15. The van der Waals surface area contributed by atoms with E-state index in [1.54, 1.807) is 4.52 Å². The lowest BCUT2D eigenvalue weighted by Gasteiger charge is -2.03. The zero-order valence-electron chi connectivity index (χ0n) is 9.36. The Bertz CT molecular complexity index is 459. The summed E-state index contributed by atoms with van der Waals surface area (Å²) in [6.45, 7) is 7.26. The molecular weight excluding hydrogens is 188 g/mol. The number of aryl methyl sites for hydroxylation is 1. The Kier molecular flexibility index (Phi) is 2.58. The maximum absolute atomic E-state index is 4.37. The highest BCUT2D eigenvalue weighted by atomic mass is 15.3. The Labute approximate surface area is 89.3 Å². The maximum atomic E-state index is 4.37. The summed E-state index contributed by atoms with van der Waals surface area (Å²) in [7, 11) is 0. The van der Waals surface area contributed by atoms with Crippen LogP contribution >= 0.6 is 0 Å². The van der Waals surface area contributed by atoms with E-state index in [9.17, 15) is 0 Å². The SMILES string of the molecule is Cc1ccc2nc(NCC(C)C)nn2c1. The molecule has 2 heterocycles. The fourth-order valence-corrected chi connectivity index (χ4v) is 1.36. The molecule has 2 aromatic rings. The summed E-state index contributed by atoms with van der Waals surface area (Å²) in [5.41, 5.74) is 2.06. The molecule has 0 atom stereocenters. The molecule has 15 heavy (non-hydrogen) atoms. The molecule has 80 valence electrons. The number of fused-ring (bicyclic) bond motifs is 1. The van der Waals surface area contributed by atoms with Gasteiger partial charge in [-0.3, -0.25) is 0 Å². The first-order valence-corrected chi connectivity index (χ1v) is 5.22. The minimum atomic E-state index is 0.596. The van der Waals surface area contributed by atoms with Crippen molar-refractivity contribution in [2.45, 2.75) is 20.8 Å². The average molecular weight is 204 g/mol. The van der Waals surface area contributed by atoms with Gasteiger partial charge in [-0.1, -0.05) is 19.9 Å². The summed E-state index contributed by atoms with van der Waals surface area (Å²) in [4.78, 5) is 4.37. The molecule has 0 saturated carbocycles. The van der Waals surface area contributed by atoms with Crippen LogP contribution in [0.3, 0.4) is 0 Å². The lowest BCUT2D eigenvalue weighted by molar-refractivity contribution is 0.684. The van der Waals surface area contributed by atoms with Crippen LogP contribution in [0, 0.1) is 12.8 Å². The summed E-state index contributed by atoms with van der Waals surface area (Å²) in [6.07, 6.45) is 1.98. The standard InChI is InChI=1S/C11H16N4/c1-8(2)6-12-11-13-10-5-4-9(3)7-15(10)14-11/h4-5,7-8H,6H2,1-3H3,(H,12,14). The molecule has 4 nitrogen and oxygen atoms in total. The molecule has 0 aliphatic carbocycles. The van der Waals surface area contributed by atoms with Crippen LogP contribution in [0.4, 0.5) is 5.95 Å². The van der Waals surface area contributed by atoms with Gasteiger partial charge in [-0.2, -0.15) is 4.98 Å². The van der Waals surface area contributed by atoms with Gasteiger partial charge in [-0.15, -0.1) is 5.10 Å². The second kappa shape index (κ2) is 3.88. The van der Waals surface area contributed by atoms with Crippen LogP contribution < -0.4 is 5.32 Å². The molecule has 0 amide bonds. The first kappa shape index (κ1) is 9.96. The second-order valence-electron chi connectivity index (χ2n) is 4.22. The van der Waals surface area contributed by atoms with Crippen molar-refractivity contribution in [2.24, 2.45) is 5.92 Å². The summed E-state index contributed by atoms with van der Waals surface area (Å²) in [5, 5.41) is 7.55. The summed E-state index contributed by atoms with van der Waals surface area (Å²) < 4.78 is 1.80. The Morgan fingerprint density at radius 2 is 2.20 bits per heavy atom. The van der Waals surface area contributed by atoms with E-state index < -0.39 is 0 Å². The highest BCUT2D eigenvalue weighted by Crippen LogP contribution is 2.07. The molecule has 2 rings (SSSR count). The number of hydrogen-bond donors (Lipinski definition) is 1. The molecule has 2 aromatic heterocycles. The largest absolute Gasteiger partial charge is 0.353 e. The van der Waals surface area contributed by atoms with Gasteiger partial charge < -0.3 is 5.32 Å². The molecule has 0 aliphatic rings. The highest BCUT2D eigenvalue weighted by molar-refractivity contribution is 5.44. The van der Waals surface area contributed by atoms with E-state index >= 15 is 0 Å². The maximum Gasteiger partial charge on any atom is 0.243 e. The van der Waals surface area contributed by atoms with Gasteiger partial charge in [-0.25, -0.2) is 4.52 Å². The van der Waals surface area contributed by atoms with Crippen molar-refractivity contribution in [2.75, 3.05) is 11.9 Å². The second-order valence-corrected chi connectivity index (χ2v) is 4.22. The van der Waals surface area contributed by atoms with Crippen LogP contribution in [-0.2, 0) is 0 Å². The number of pyridine rings is 1. The van der Waals surface area contributed by atoms with Crippen molar-refractivity contribution in [3.8, 4) is 0 Å². The molecule has 4 heteroatoms. The Morgan fingerprint density at radius 1 is 1.40 bits per heavy atom. The van der Waals surface area contributed by atoms with Crippen molar-refractivity contribution in [1.82, 2.24) is 14.6 Å². The van der Waals surface area contributed by atoms with Gasteiger partial charge >= 0.3 is 0 Å². The lowest BCUT2D eigenvalue weighted by Crippen LogP contribution is -2.09. The summed E-state index contributed by atoms with van der Waals surface area (Å²) in [5.74, 6) is 1.30. The van der Waals surface area contributed by atoms with Gasteiger partial charge in [-0.05, 0) is 24.5 Å².